The summed E-state index contributed by atoms with van der Waals surface area (Å²) in [6, 6.07) is 0.380. The van der Waals surface area contributed by atoms with E-state index in [2.05, 4.69) is 15.6 Å². The van der Waals surface area contributed by atoms with E-state index < -0.39 is 0 Å². The van der Waals surface area contributed by atoms with Crippen LogP contribution in [0.25, 0.3) is 11.2 Å². The van der Waals surface area contributed by atoms with Crippen LogP contribution in [-0.4, -0.2) is 61.5 Å². The number of fused-ring (bicyclic) bond motifs is 1. The fourth-order valence-corrected chi connectivity index (χ4v) is 5.16. The van der Waals surface area contributed by atoms with Crippen LogP contribution in [0.1, 0.15) is 51.0 Å². The van der Waals surface area contributed by atoms with E-state index in [1.807, 2.05) is 9.47 Å². The summed E-state index contributed by atoms with van der Waals surface area (Å²) in [5.74, 6) is 0.326. The lowest BCUT2D eigenvalue weighted by Gasteiger charge is -2.33. The number of hydrogen-bond donors (Lipinski definition) is 2. The smallest absolute Gasteiger partial charge is 0.330 e. The van der Waals surface area contributed by atoms with Gasteiger partial charge in [-0.1, -0.05) is 12.8 Å². The van der Waals surface area contributed by atoms with Gasteiger partial charge in [-0.15, -0.1) is 0 Å². The van der Waals surface area contributed by atoms with Crippen LogP contribution in [0, 0.1) is 5.92 Å². The number of anilines is 1. The number of rotatable bonds is 4. The molecule has 3 aliphatic rings. The summed E-state index contributed by atoms with van der Waals surface area (Å²) in [5.41, 5.74) is 1.42. The Hall–Kier alpha value is -2.91. The van der Waals surface area contributed by atoms with Gasteiger partial charge in [-0.05, 0) is 25.7 Å². The quantitative estimate of drug-likeness (QED) is 0.746. The van der Waals surface area contributed by atoms with Crippen LogP contribution in [-0.2, 0) is 16.6 Å². The Morgan fingerprint density at radius 3 is 2.58 bits per heavy atom. The number of nitrogens with zero attached hydrogens (tertiary/aromatic N) is 5. The molecule has 2 aromatic heterocycles. The second kappa shape index (κ2) is 7.97. The van der Waals surface area contributed by atoms with E-state index in [1.165, 1.54) is 0 Å². The maximum atomic E-state index is 12.8. The average Bonchev–Trinajstić information content (AvgIpc) is 3.50. The molecule has 10 heteroatoms. The zero-order valence-electron chi connectivity index (χ0n) is 17.8. The van der Waals surface area contributed by atoms with Gasteiger partial charge in [-0.3, -0.25) is 18.7 Å². The summed E-state index contributed by atoms with van der Waals surface area (Å²) in [6.45, 7) is 1.76. The number of amides is 2. The normalized spacial score (nSPS) is 22.9. The highest BCUT2D eigenvalue weighted by molar-refractivity contribution is 5.89. The van der Waals surface area contributed by atoms with Gasteiger partial charge in [0.05, 0.1) is 12.1 Å². The molecule has 2 saturated heterocycles. The molecule has 1 saturated carbocycles. The molecule has 2 N–H and O–H groups in total. The molecular formula is C21H29N7O3. The second-order valence-electron chi connectivity index (χ2n) is 9.00. The Morgan fingerprint density at radius 2 is 1.90 bits per heavy atom. The standard InChI is InChI=1S/C21H29N7O3/c1-26-16-12-23-20(25-18(16)28(21(26)31)15-4-2-3-5-15)24-14-6-8-27(9-7-14)19(30)13-10-17(29)22-11-13/h12-15H,2-11H2,1H3,(H,22,29)(H,23,24,25). The predicted octanol–water partition coefficient (Wildman–Crippen LogP) is 0.784. The lowest BCUT2D eigenvalue weighted by molar-refractivity contribution is -0.136. The molecule has 2 aliphatic heterocycles. The Morgan fingerprint density at radius 1 is 1.16 bits per heavy atom. The Bertz CT molecular complexity index is 1060. The van der Waals surface area contributed by atoms with E-state index in [9.17, 15) is 14.4 Å². The van der Waals surface area contributed by atoms with E-state index in [4.69, 9.17) is 4.98 Å². The number of likely N-dealkylation sites (tertiary alicyclic amines) is 1. The molecule has 1 unspecified atom stereocenters. The van der Waals surface area contributed by atoms with Gasteiger partial charge in [0.1, 0.15) is 5.52 Å². The predicted molar refractivity (Wildman–Crippen MR) is 115 cm³/mol. The topological polar surface area (TPSA) is 114 Å². The highest BCUT2D eigenvalue weighted by atomic mass is 16.2. The molecule has 10 nitrogen and oxygen atoms in total. The molecule has 5 rings (SSSR count). The minimum absolute atomic E-state index is 0.0277. The van der Waals surface area contributed by atoms with Crippen molar-refractivity contribution in [2.75, 3.05) is 25.0 Å². The van der Waals surface area contributed by atoms with Gasteiger partial charge in [0.15, 0.2) is 5.65 Å². The number of hydrogen-bond acceptors (Lipinski definition) is 6. The van der Waals surface area contributed by atoms with Gasteiger partial charge in [0, 0.05) is 45.2 Å². The summed E-state index contributed by atoms with van der Waals surface area (Å²) < 4.78 is 3.47. The molecule has 0 spiro atoms. The number of aromatic nitrogens is 4. The highest BCUT2D eigenvalue weighted by Crippen LogP contribution is 2.30. The average molecular weight is 428 g/mol. The first kappa shape index (κ1) is 20.0. The number of piperidine rings is 1. The summed E-state index contributed by atoms with van der Waals surface area (Å²) >= 11 is 0. The van der Waals surface area contributed by atoms with E-state index in [0.717, 1.165) is 44.0 Å². The van der Waals surface area contributed by atoms with E-state index in [0.29, 0.717) is 37.7 Å². The molecule has 1 atom stereocenters. The lowest BCUT2D eigenvalue weighted by atomic mass is 10.0. The first-order chi connectivity index (χ1) is 15.0. The molecule has 4 heterocycles. The van der Waals surface area contributed by atoms with Crippen LogP contribution >= 0.6 is 0 Å². The monoisotopic (exact) mass is 427 g/mol. The van der Waals surface area contributed by atoms with E-state index >= 15 is 0 Å². The third-order valence-corrected chi connectivity index (χ3v) is 6.99. The zero-order chi connectivity index (χ0) is 21.5. The maximum absolute atomic E-state index is 12.8. The lowest BCUT2D eigenvalue weighted by Crippen LogP contribution is -2.45. The highest BCUT2D eigenvalue weighted by Gasteiger charge is 2.33. The molecule has 3 fully saturated rings. The Labute approximate surface area is 180 Å². The van der Waals surface area contributed by atoms with E-state index in [1.54, 1.807) is 17.8 Å². The Kier molecular flexibility index (Phi) is 5.15. The molecular weight excluding hydrogens is 398 g/mol. The van der Waals surface area contributed by atoms with Crippen molar-refractivity contribution in [2.24, 2.45) is 13.0 Å². The summed E-state index contributed by atoms with van der Waals surface area (Å²) in [4.78, 5) is 47.8. The molecule has 2 aromatic rings. The fourth-order valence-electron chi connectivity index (χ4n) is 5.16. The van der Waals surface area contributed by atoms with Gasteiger partial charge in [0.2, 0.25) is 17.8 Å². The van der Waals surface area contributed by atoms with Crippen LogP contribution < -0.4 is 16.3 Å². The van der Waals surface area contributed by atoms with Gasteiger partial charge in [0.25, 0.3) is 0 Å². The van der Waals surface area contributed by atoms with Crippen LogP contribution in [0.3, 0.4) is 0 Å². The van der Waals surface area contributed by atoms with Crippen molar-refractivity contribution >= 4 is 28.9 Å². The van der Waals surface area contributed by atoms with Crippen molar-refractivity contribution in [1.82, 2.24) is 29.3 Å². The van der Waals surface area contributed by atoms with Gasteiger partial charge in [-0.2, -0.15) is 4.98 Å². The number of carbonyl (C=O) groups is 2. The molecule has 31 heavy (non-hydrogen) atoms. The third kappa shape index (κ3) is 3.68. The van der Waals surface area contributed by atoms with Crippen molar-refractivity contribution in [3.05, 3.63) is 16.7 Å². The summed E-state index contributed by atoms with van der Waals surface area (Å²) in [5, 5.41) is 6.14. The minimum atomic E-state index is -0.229. The van der Waals surface area contributed by atoms with Crippen LogP contribution in [0.4, 0.5) is 5.95 Å². The molecule has 1 aliphatic carbocycles. The first-order valence-electron chi connectivity index (χ1n) is 11.3. The summed E-state index contributed by atoms with van der Waals surface area (Å²) in [7, 11) is 1.77. The molecule has 0 radical (unpaired) electrons. The maximum Gasteiger partial charge on any atom is 0.330 e. The van der Waals surface area contributed by atoms with Gasteiger partial charge >= 0.3 is 5.69 Å². The third-order valence-electron chi connectivity index (χ3n) is 6.99. The van der Waals surface area contributed by atoms with Crippen molar-refractivity contribution in [3.63, 3.8) is 0 Å². The van der Waals surface area contributed by atoms with Gasteiger partial charge in [-0.25, -0.2) is 9.78 Å². The Balaban J connectivity index is 1.27. The van der Waals surface area contributed by atoms with Crippen molar-refractivity contribution in [3.8, 4) is 0 Å². The number of carbonyl (C=O) groups excluding carboxylic acids is 2. The van der Waals surface area contributed by atoms with Crippen LogP contribution in [0.2, 0.25) is 0 Å². The number of nitrogens with one attached hydrogen (secondary N) is 2. The SMILES string of the molecule is Cn1c(=O)n(C2CCCC2)c2nc(NC3CCN(C(=O)C4CNC(=O)C4)CC3)ncc21. The van der Waals surface area contributed by atoms with Crippen molar-refractivity contribution < 1.29 is 9.59 Å². The van der Waals surface area contributed by atoms with Crippen LogP contribution in [0.5, 0.6) is 0 Å². The number of aryl methyl sites for hydroxylation is 1. The molecule has 0 bridgehead atoms. The van der Waals surface area contributed by atoms with Gasteiger partial charge < -0.3 is 15.5 Å². The summed E-state index contributed by atoms with van der Waals surface area (Å²) in [6.07, 6.45) is 7.93. The largest absolute Gasteiger partial charge is 0.355 e. The number of imidazole rings is 1. The van der Waals surface area contributed by atoms with Crippen LogP contribution in [0.15, 0.2) is 11.0 Å². The molecule has 2 amide bonds. The first-order valence-corrected chi connectivity index (χ1v) is 11.3. The van der Waals surface area contributed by atoms with Crippen molar-refractivity contribution in [1.29, 1.82) is 0 Å². The fraction of sp³-hybridized carbons (Fsp3) is 0.667. The van der Waals surface area contributed by atoms with E-state index in [-0.39, 0.29) is 35.5 Å². The zero-order valence-corrected chi connectivity index (χ0v) is 17.8. The van der Waals surface area contributed by atoms with Crippen molar-refractivity contribution in [2.45, 2.75) is 57.0 Å². The molecule has 166 valence electrons. The minimum Gasteiger partial charge on any atom is -0.355 e. The second-order valence-corrected chi connectivity index (χ2v) is 9.00. The molecule has 0 aromatic carbocycles.